The van der Waals surface area contributed by atoms with Crippen molar-refractivity contribution in [3.05, 3.63) is 124 Å². The van der Waals surface area contributed by atoms with Crippen LogP contribution < -0.4 is 0 Å². The van der Waals surface area contributed by atoms with Crippen molar-refractivity contribution in [1.29, 1.82) is 0 Å². The van der Waals surface area contributed by atoms with Crippen molar-refractivity contribution in [3.63, 3.8) is 0 Å². The van der Waals surface area contributed by atoms with Crippen molar-refractivity contribution in [3.8, 4) is 0 Å². The first-order valence-electron chi connectivity index (χ1n) is 10.3. The van der Waals surface area contributed by atoms with E-state index < -0.39 is 0 Å². The molecular formula is C28H15NO3. The number of benzene rings is 4. The van der Waals surface area contributed by atoms with Crippen molar-refractivity contribution in [2.75, 3.05) is 0 Å². The van der Waals surface area contributed by atoms with Crippen LogP contribution in [0.1, 0.15) is 47.8 Å². The van der Waals surface area contributed by atoms with E-state index in [2.05, 4.69) is 4.98 Å². The van der Waals surface area contributed by atoms with Crippen molar-refractivity contribution in [2.45, 2.75) is 0 Å². The molecule has 0 atom stereocenters. The van der Waals surface area contributed by atoms with E-state index in [4.69, 9.17) is 0 Å². The molecule has 4 aromatic carbocycles. The fraction of sp³-hybridized carbons (Fsp3) is 0. The van der Waals surface area contributed by atoms with Gasteiger partial charge < -0.3 is 0 Å². The molecule has 0 N–H and O–H groups in total. The summed E-state index contributed by atoms with van der Waals surface area (Å²) in [7, 11) is 0. The average molecular weight is 413 g/mol. The number of hydrogen-bond acceptors (Lipinski definition) is 4. The Morgan fingerprint density at radius 2 is 1.22 bits per heavy atom. The standard InChI is InChI=1S/C28H15NO3/c30-26-17-8-2-3-9-18(17)28(32)25-20(26)11-5-12-21(25)27(31)19-10-6-14-24-22(19)15-16-7-1-4-13-23(16)29-24/h1-15H. The molecule has 0 saturated carbocycles. The monoisotopic (exact) mass is 413 g/mol. The lowest BCUT2D eigenvalue weighted by Crippen LogP contribution is -2.24. The third-order valence-corrected chi connectivity index (χ3v) is 6.00. The number of nitrogens with zero attached hydrogens (tertiary/aromatic N) is 1. The summed E-state index contributed by atoms with van der Waals surface area (Å²) < 4.78 is 0. The van der Waals surface area contributed by atoms with Crippen LogP contribution in [0.3, 0.4) is 0 Å². The number of rotatable bonds is 2. The van der Waals surface area contributed by atoms with E-state index in [0.717, 1.165) is 10.9 Å². The lowest BCUT2D eigenvalue weighted by Gasteiger charge is -2.20. The van der Waals surface area contributed by atoms with Crippen molar-refractivity contribution in [1.82, 2.24) is 4.98 Å². The van der Waals surface area contributed by atoms with Gasteiger partial charge in [0.2, 0.25) is 0 Å². The van der Waals surface area contributed by atoms with Crippen molar-refractivity contribution < 1.29 is 14.4 Å². The van der Waals surface area contributed by atoms with Gasteiger partial charge in [0.1, 0.15) is 0 Å². The van der Waals surface area contributed by atoms with Gasteiger partial charge in [-0.05, 0) is 18.2 Å². The SMILES string of the molecule is O=C1c2ccccc2C(=O)c2c1cccc2C(=O)c1cccc2nc3ccccc3cc12. The van der Waals surface area contributed by atoms with Gasteiger partial charge in [-0.25, -0.2) is 4.98 Å². The second kappa shape index (κ2) is 6.79. The Morgan fingerprint density at radius 1 is 0.594 bits per heavy atom. The van der Waals surface area contributed by atoms with Gasteiger partial charge in [0.05, 0.1) is 11.0 Å². The minimum absolute atomic E-state index is 0.173. The van der Waals surface area contributed by atoms with E-state index in [1.165, 1.54) is 0 Å². The molecule has 1 aliphatic carbocycles. The Kier molecular flexibility index (Phi) is 3.89. The summed E-state index contributed by atoms with van der Waals surface area (Å²) in [5.74, 6) is -0.844. The van der Waals surface area contributed by atoms with Crippen LogP contribution in [-0.2, 0) is 0 Å². The fourth-order valence-electron chi connectivity index (χ4n) is 4.48. The zero-order valence-electron chi connectivity index (χ0n) is 16.8. The topological polar surface area (TPSA) is 64.1 Å². The molecule has 1 aromatic heterocycles. The maximum Gasteiger partial charge on any atom is 0.195 e. The number of para-hydroxylation sites is 1. The van der Waals surface area contributed by atoms with E-state index in [0.29, 0.717) is 27.6 Å². The normalized spacial score (nSPS) is 12.6. The molecule has 0 radical (unpaired) electrons. The number of aromatic nitrogens is 1. The third kappa shape index (κ3) is 2.56. The molecule has 0 aliphatic heterocycles. The Bertz CT molecular complexity index is 1630. The van der Waals surface area contributed by atoms with Gasteiger partial charge in [0, 0.05) is 44.2 Å². The maximum atomic E-state index is 13.7. The highest BCUT2D eigenvalue weighted by atomic mass is 16.1. The largest absolute Gasteiger partial charge is 0.289 e. The molecule has 4 nitrogen and oxygen atoms in total. The zero-order chi connectivity index (χ0) is 21.8. The van der Waals surface area contributed by atoms with Crippen molar-refractivity contribution >= 4 is 39.2 Å². The third-order valence-electron chi connectivity index (χ3n) is 6.00. The summed E-state index contributed by atoms with van der Waals surface area (Å²) in [6.07, 6.45) is 0. The number of carbonyl (C=O) groups excluding carboxylic acids is 3. The van der Waals surface area contributed by atoms with Crippen LogP contribution in [-0.4, -0.2) is 22.3 Å². The Morgan fingerprint density at radius 3 is 2.06 bits per heavy atom. The van der Waals surface area contributed by atoms with Crippen LogP contribution >= 0.6 is 0 Å². The molecule has 6 rings (SSSR count). The highest BCUT2D eigenvalue weighted by Crippen LogP contribution is 2.32. The molecule has 150 valence electrons. The minimum Gasteiger partial charge on any atom is -0.289 e. The minimum atomic E-state index is -0.303. The highest BCUT2D eigenvalue weighted by Gasteiger charge is 2.33. The van der Waals surface area contributed by atoms with Crippen LogP contribution in [0.4, 0.5) is 0 Å². The van der Waals surface area contributed by atoms with E-state index in [9.17, 15) is 14.4 Å². The number of ketones is 3. The number of pyridine rings is 1. The van der Waals surface area contributed by atoms with Crippen LogP contribution in [0.25, 0.3) is 21.8 Å². The predicted molar refractivity (Wildman–Crippen MR) is 122 cm³/mol. The van der Waals surface area contributed by atoms with Crippen LogP contribution in [0.2, 0.25) is 0 Å². The van der Waals surface area contributed by atoms with E-state index in [-0.39, 0.29) is 34.0 Å². The van der Waals surface area contributed by atoms with Crippen molar-refractivity contribution in [2.24, 2.45) is 0 Å². The van der Waals surface area contributed by atoms with E-state index in [1.54, 1.807) is 54.6 Å². The van der Waals surface area contributed by atoms with Gasteiger partial charge in [-0.2, -0.15) is 0 Å². The first kappa shape index (κ1) is 18.3. The average Bonchev–Trinajstić information content (AvgIpc) is 2.84. The van der Waals surface area contributed by atoms with E-state index >= 15 is 0 Å². The molecular weight excluding hydrogens is 398 g/mol. The Hall–Kier alpha value is -4.44. The summed E-state index contributed by atoms with van der Waals surface area (Å²) in [5.41, 5.74) is 3.37. The Balaban J connectivity index is 1.58. The lowest BCUT2D eigenvalue weighted by molar-refractivity contribution is 0.0971. The first-order valence-corrected chi connectivity index (χ1v) is 10.3. The van der Waals surface area contributed by atoms with Gasteiger partial charge in [0.15, 0.2) is 17.3 Å². The number of hydrogen-bond donors (Lipinski definition) is 0. The molecule has 5 aromatic rings. The molecule has 32 heavy (non-hydrogen) atoms. The van der Waals surface area contributed by atoms with E-state index in [1.807, 2.05) is 36.4 Å². The smallest absolute Gasteiger partial charge is 0.195 e. The zero-order valence-corrected chi connectivity index (χ0v) is 16.8. The molecule has 0 fully saturated rings. The summed E-state index contributed by atoms with van der Waals surface area (Å²) in [6.45, 7) is 0. The molecule has 1 heterocycles. The lowest BCUT2D eigenvalue weighted by atomic mass is 9.80. The number of carbonyl (C=O) groups is 3. The maximum absolute atomic E-state index is 13.7. The first-order chi connectivity index (χ1) is 15.6. The Labute approximate surface area is 183 Å². The second-order valence-electron chi connectivity index (χ2n) is 7.81. The van der Waals surface area contributed by atoms with Gasteiger partial charge in [-0.3, -0.25) is 14.4 Å². The molecule has 0 spiro atoms. The van der Waals surface area contributed by atoms with Crippen LogP contribution in [0, 0.1) is 0 Å². The summed E-state index contributed by atoms with van der Waals surface area (Å²) in [5, 5.41) is 1.64. The second-order valence-corrected chi connectivity index (χ2v) is 7.81. The van der Waals surface area contributed by atoms with Gasteiger partial charge in [-0.15, -0.1) is 0 Å². The molecule has 0 bridgehead atoms. The fourth-order valence-corrected chi connectivity index (χ4v) is 4.48. The molecule has 4 heteroatoms. The predicted octanol–water partition coefficient (Wildman–Crippen LogP) is 5.39. The molecule has 0 saturated heterocycles. The summed E-state index contributed by atoms with van der Waals surface area (Å²) >= 11 is 0. The molecule has 1 aliphatic rings. The summed E-state index contributed by atoms with van der Waals surface area (Å²) in [6, 6.07) is 26.7. The number of fused-ring (bicyclic) bond motifs is 4. The highest BCUT2D eigenvalue weighted by molar-refractivity contribution is 6.32. The molecule has 0 amide bonds. The van der Waals surface area contributed by atoms with Crippen LogP contribution in [0.5, 0.6) is 0 Å². The van der Waals surface area contributed by atoms with Gasteiger partial charge >= 0.3 is 0 Å². The van der Waals surface area contributed by atoms with Gasteiger partial charge in [0.25, 0.3) is 0 Å². The van der Waals surface area contributed by atoms with Crippen LogP contribution in [0.15, 0.2) is 91.0 Å². The van der Waals surface area contributed by atoms with Gasteiger partial charge in [-0.1, -0.05) is 72.8 Å². The quantitative estimate of drug-likeness (QED) is 0.282. The summed E-state index contributed by atoms with van der Waals surface area (Å²) in [4.78, 5) is 44.8. The molecule has 0 unspecified atom stereocenters.